The minimum atomic E-state index is -0.454. The van der Waals surface area contributed by atoms with E-state index < -0.39 is 5.91 Å². The Balaban J connectivity index is 2.12. The van der Waals surface area contributed by atoms with Crippen molar-refractivity contribution in [1.29, 1.82) is 5.26 Å². The smallest absolute Gasteiger partial charge is 0.263 e. The number of aryl methyl sites for hydroxylation is 2. The van der Waals surface area contributed by atoms with Crippen LogP contribution in [0, 0.1) is 25.2 Å². The van der Waals surface area contributed by atoms with Gasteiger partial charge in [0, 0.05) is 17.1 Å². The second-order valence-electron chi connectivity index (χ2n) is 5.78. The maximum absolute atomic E-state index is 12.4. The number of rotatable bonds is 7. The third-order valence-corrected chi connectivity index (χ3v) is 4.49. The summed E-state index contributed by atoms with van der Waals surface area (Å²) in [6.45, 7) is 8.17. The molecule has 6 nitrogen and oxygen atoms in total. The van der Waals surface area contributed by atoms with Crippen LogP contribution >= 0.6 is 11.3 Å². The largest absolute Gasteiger partial charge is 0.494 e. The van der Waals surface area contributed by atoms with Gasteiger partial charge in [0.1, 0.15) is 17.4 Å². The van der Waals surface area contributed by atoms with Crippen molar-refractivity contribution in [3.8, 4) is 11.8 Å². The van der Waals surface area contributed by atoms with Crippen molar-refractivity contribution in [2.75, 3.05) is 11.9 Å². The molecule has 1 unspecified atom stereocenters. The van der Waals surface area contributed by atoms with Gasteiger partial charge >= 0.3 is 0 Å². The molecule has 0 bridgehead atoms. The predicted octanol–water partition coefficient (Wildman–Crippen LogP) is 3.86. The maximum atomic E-state index is 12.4. The quantitative estimate of drug-likeness (QED) is 0.571. The van der Waals surface area contributed by atoms with E-state index >= 15 is 0 Å². The van der Waals surface area contributed by atoms with E-state index in [1.807, 2.05) is 57.3 Å². The summed E-state index contributed by atoms with van der Waals surface area (Å²) in [5, 5.41) is 17.5. The molecular weight excluding hydrogens is 348 g/mol. The Hall–Kier alpha value is -2.85. The Morgan fingerprint density at radius 3 is 2.85 bits per heavy atom. The average Bonchev–Trinajstić information content (AvgIpc) is 3.02. The first-order chi connectivity index (χ1) is 12.4. The van der Waals surface area contributed by atoms with Crippen molar-refractivity contribution in [3.05, 3.63) is 52.2 Å². The number of carbonyl (C=O) groups is 1. The number of thiazole rings is 1. The molecular formula is C19H22N4O2S. The van der Waals surface area contributed by atoms with E-state index in [-0.39, 0.29) is 11.6 Å². The Bertz CT molecular complexity index is 851. The summed E-state index contributed by atoms with van der Waals surface area (Å²) in [4.78, 5) is 16.7. The number of benzene rings is 1. The molecule has 1 aromatic heterocycles. The summed E-state index contributed by atoms with van der Waals surface area (Å²) in [5.41, 5.74) is 2.81. The third kappa shape index (κ3) is 5.07. The van der Waals surface area contributed by atoms with Crippen molar-refractivity contribution in [1.82, 2.24) is 10.3 Å². The number of hydrogen-bond acceptors (Lipinski definition) is 6. The number of nitrogens with zero attached hydrogens (tertiary/aromatic N) is 2. The van der Waals surface area contributed by atoms with Crippen LogP contribution in [0.1, 0.15) is 36.7 Å². The van der Waals surface area contributed by atoms with E-state index in [2.05, 4.69) is 15.6 Å². The highest BCUT2D eigenvalue weighted by Crippen LogP contribution is 2.26. The van der Waals surface area contributed by atoms with Crippen molar-refractivity contribution in [3.63, 3.8) is 0 Å². The summed E-state index contributed by atoms with van der Waals surface area (Å²) in [6.07, 6.45) is 1.38. The number of hydrogen-bond donors (Lipinski definition) is 2. The van der Waals surface area contributed by atoms with Gasteiger partial charge in [-0.2, -0.15) is 5.26 Å². The summed E-state index contributed by atoms with van der Waals surface area (Å²) in [7, 11) is 0. The zero-order chi connectivity index (χ0) is 19.1. The molecule has 2 N–H and O–H groups in total. The van der Waals surface area contributed by atoms with Crippen LogP contribution in [0.25, 0.3) is 0 Å². The molecule has 0 fully saturated rings. The fourth-order valence-corrected chi connectivity index (χ4v) is 3.01. The van der Waals surface area contributed by atoms with E-state index in [9.17, 15) is 10.1 Å². The van der Waals surface area contributed by atoms with Crippen LogP contribution in [-0.4, -0.2) is 17.5 Å². The van der Waals surface area contributed by atoms with Crippen LogP contribution < -0.4 is 15.4 Å². The van der Waals surface area contributed by atoms with Crippen molar-refractivity contribution < 1.29 is 9.53 Å². The molecule has 2 aromatic rings. The summed E-state index contributed by atoms with van der Waals surface area (Å²) < 4.78 is 5.64. The molecule has 1 amide bonds. The van der Waals surface area contributed by atoms with Crippen LogP contribution in [0.15, 0.2) is 35.4 Å². The second kappa shape index (κ2) is 9.02. The van der Waals surface area contributed by atoms with Crippen LogP contribution in [-0.2, 0) is 4.79 Å². The zero-order valence-electron chi connectivity index (χ0n) is 15.3. The van der Waals surface area contributed by atoms with Gasteiger partial charge in [-0.25, -0.2) is 4.98 Å². The van der Waals surface area contributed by atoms with Crippen molar-refractivity contribution in [2.45, 2.75) is 33.7 Å². The summed E-state index contributed by atoms with van der Waals surface area (Å²) in [5.74, 6) is 0.273. The fraction of sp³-hybridized carbons (Fsp3) is 0.316. The topological polar surface area (TPSA) is 87.0 Å². The van der Waals surface area contributed by atoms with Crippen LogP contribution in [0.3, 0.4) is 0 Å². The number of ether oxygens (including phenoxy) is 1. The monoisotopic (exact) mass is 370 g/mol. The van der Waals surface area contributed by atoms with Gasteiger partial charge in [-0.1, -0.05) is 17.7 Å². The SMILES string of the molecule is CCOc1ccc(C)cc1C(C)NC(=O)/C(C#N)=C\Nc1nc(C)cs1. The molecule has 136 valence electrons. The Labute approximate surface area is 157 Å². The molecule has 1 aromatic carbocycles. The fourth-order valence-electron chi connectivity index (χ4n) is 2.35. The molecule has 0 spiro atoms. The van der Waals surface area contributed by atoms with Gasteiger partial charge < -0.3 is 15.4 Å². The standard InChI is InChI=1S/C19H22N4O2S/c1-5-25-17-7-6-12(2)8-16(17)14(4)23-18(24)15(9-20)10-21-19-22-13(3)11-26-19/h6-8,10-11,14H,5H2,1-4H3,(H,21,22)(H,23,24)/b15-10-. The number of amides is 1. The van der Waals surface area contributed by atoms with Gasteiger partial charge in [-0.3, -0.25) is 4.79 Å². The molecule has 0 radical (unpaired) electrons. The number of nitriles is 1. The highest BCUT2D eigenvalue weighted by atomic mass is 32.1. The molecule has 7 heteroatoms. The average molecular weight is 370 g/mol. The van der Waals surface area contributed by atoms with Crippen molar-refractivity contribution >= 4 is 22.4 Å². The second-order valence-corrected chi connectivity index (χ2v) is 6.64. The molecule has 2 rings (SSSR count). The van der Waals surface area contributed by atoms with Crippen LogP contribution in [0.2, 0.25) is 0 Å². The first-order valence-corrected chi connectivity index (χ1v) is 9.15. The molecule has 0 aliphatic heterocycles. The van der Waals surface area contributed by atoms with Crippen molar-refractivity contribution in [2.24, 2.45) is 0 Å². The van der Waals surface area contributed by atoms with Crippen LogP contribution in [0.5, 0.6) is 5.75 Å². The van der Waals surface area contributed by atoms with Gasteiger partial charge in [0.05, 0.1) is 18.3 Å². The molecule has 1 atom stereocenters. The summed E-state index contributed by atoms with van der Waals surface area (Å²) in [6, 6.07) is 7.45. The minimum Gasteiger partial charge on any atom is -0.494 e. The molecule has 0 aliphatic rings. The minimum absolute atomic E-state index is 0.0182. The van der Waals surface area contributed by atoms with Crippen LogP contribution in [0.4, 0.5) is 5.13 Å². The van der Waals surface area contributed by atoms with Gasteiger partial charge in [0.25, 0.3) is 5.91 Å². The Kier molecular flexibility index (Phi) is 6.75. The lowest BCUT2D eigenvalue weighted by Gasteiger charge is -2.18. The zero-order valence-corrected chi connectivity index (χ0v) is 16.1. The lowest BCUT2D eigenvalue weighted by atomic mass is 10.0. The van der Waals surface area contributed by atoms with E-state index in [0.29, 0.717) is 11.7 Å². The Morgan fingerprint density at radius 2 is 2.23 bits per heavy atom. The number of carbonyl (C=O) groups excluding carboxylic acids is 1. The van der Waals surface area contributed by atoms with Gasteiger partial charge in [-0.05, 0) is 33.8 Å². The van der Waals surface area contributed by atoms with E-state index in [0.717, 1.165) is 22.6 Å². The predicted molar refractivity (Wildman–Crippen MR) is 103 cm³/mol. The normalized spacial score (nSPS) is 12.2. The summed E-state index contributed by atoms with van der Waals surface area (Å²) >= 11 is 1.41. The number of nitrogens with one attached hydrogen (secondary N) is 2. The van der Waals surface area contributed by atoms with Gasteiger partial charge in [0.2, 0.25) is 0 Å². The number of aromatic nitrogens is 1. The Morgan fingerprint density at radius 1 is 1.46 bits per heavy atom. The highest BCUT2D eigenvalue weighted by Gasteiger charge is 2.17. The first kappa shape index (κ1) is 19.5. The molecule has 1 heterocycles. The highest BCUT2D eigenvalue weighted by molar-refractivity contribution is 7.13. The first-order valence-electron chi connectivity index (χ1n) is 8.27. The van der Waals surface area contributed by atoms with E-state index in [4.69, 9.17) is 4.74 Å². The molecule has 0 saturated carbocycles. The third-order valence-electron chi connectivity index (χ3n) is 3.60. The molecule has 0 aliphatic carbocycles. The van der Waals surface area contributed by atoms with E-state index in [1.165, 1.54) is 17.5 Å². The lowest BCUT2D eigenvalue weighted by Crippen LogP contribution is -2.28. The maximum Gasteiger partial charge on any atom is 0.263 e. The van der Waals surface area contributed by atoms with E-state index in [1.54, 1.807) is 0 Å². The van der Waals surface area contributed by atoms with Gasteiger partial charge in [-0.15, -0.1) is 11.3 Å². The molecule has 0 saturated heterocycles. The lowest BCUT2D eigenvalue weighted by molar-refractivity contribution is -0.117. The molecule has 26 heavy (non-hydrogen) atoms. The van der Waals surface area contributed by atoms with Gasteiger partial charge in [0.15, 0.2) is 5.13 Å². The number of anilines is 1.